The second-order valence-corrected chi connectivity index (χ2v) is 6.39. The lowest BCUT2D eigenvalue weighted by Crippen LogP contribution is -2.52. The summed E-state index contributed by atoms with van der Waals surface area (Å²) in [6.45, 7) is 2.84. The predicted octanol–water partition coefficient (Wildman–Crippen LogP) is 3.90. The zero-order valence-electron chi connectivity index (χ0n) is 14.5. The highest BCUT2D eigenvalue weighted by atomic mass is 35.5. The lowest BCUT2D eigenvalue weighted by Gasteiger charge is -2.25. The van der Waals surface area contributed by atoms with Crippen LogP contribution in [0.15, 0.2) is 18.2 Å². The quantitative estimate of drug-likeness (QED) is 0.585. The van der Waals surface area contributed by atoms with Gasteiger partial charge in [0, 0.05) is 6.54 Å². The Morgan fingerprint density at radius 1 is 1.19 bits per heavy atom. The molecule has 1 aromatic rings. The van der Waals surface area contributed by atoms with Crippen LogP contribution >= 0.6 is 11.6 Å². The molecule has 1 rings (SSSR count). The second-order valence-electron chi connectivity index (χ2n) is 6.01. The molecular weight excluding hydrogens is 373 g/mol. The highest BCUT2D eigenvalue weighted by Crippen LogP contribution is 2.32. The Morgan fingerprint density at radius 2 is 1.85 bits per heavy atom. The largest absolute Gasteiger partial charge is 0.426 e. The number of carbonyl (C=O) groups excluding carboxylic acids is 2. The van der Waals surface area contributed by atoms with E-state index in [1.807, 2.05) is 5.32 Å². The maximum absolute atomic E-state index is 12.7. The summed E-state index contributed by atoms with van der Waals surface area (Å²) >= 11 is 6.04. The van der Waals surface area contributed by atoms with Crippen LogP contribution in [0.25, 0.3) is 0 Å². The second kappa shape index (κ2) is 9.23. The molecule has 0 unspecified atom stereocenters. The number of hydrogen-bond acceptors (Lipinski definition) is 3. The number of rotatable bonds is 8. The van der Waals surface area contributed by atoms with Gasteiger partial charge in [0.05, 0.1) is 16.3 Å². The Labute approximate surface area is 154 Å². The van der Waals surface area contributed by atoms with E-state index in [9.17, 15) is 27.9 Å². The van der Waals surface area contributed by atoms with Gasteiger partial charge in [-0.05, 0) is 25.5 Å². The summed E-state index contributed by atoms with van der Waals surface area (Å²) in [5, 5.41) is 13.8. The van der Waals surface area contributed by atoms with E-state index >= 15 is 0 Å². The molecule has 3 N–H and O–H groups in total. The summed E-state index contributed by atoms with van der Waals surface area (Å²) in [6, 6.07) is 4.00. The highest BCUT2D eigenvalue weighted by Gasteiger charge is 2.55. The van der Waals surface area contributed by atoms with Crippen LogP contribution in [0.1, 0.15) is 49.9 Å². The number of amides is 2. The van der Waals surface area contributed by atoms with Gasteiger partial charge in [0.1, 0.15) is 0 Å². The molecule has 1 aromatic carbocycles. The summed E-state index contributed by atoms with van der Waals surface area (Å²) < 4.78 is 38.1. The number of alkyl halides is 3. The SMILES string of the molecule is CCCCCCNC(=O)c1cccc(NC(=O)[C@@](C)(O)C(F)(F)F)c1Cl. The van der Waals surface area contributed by atoms with E-state index in [0.717, 1.165) is 25.7 Å². The molecule has 0 saturated carbocycles. The number of unbranched alkanes of at least 4 members (excludes halogenated alkanes) is 3. The van der Waals surface area contributed by atoms with Crippen molar-refractivity contribution in [3.63, 3.8) is 0 Å². The molecule has 0 heterocycles. The number of anilines is 1. The van der Waals surface area contributed by atoms with Crippen molar-refractivity contribution in [3.05, 3.63) is 28.8 Å². The lowest BCUT2D eigenvalue weighted by molar-refractivity contribution is -0.242. The first-order valence-electron chi connectivity index (χ1n) is 8.19. The van der Waals surface area contributed by atoms with Crippen LogP contribution in [0.5, 0.6) is 0 Å². The standard InChI is InChI=1S/C17H22ClF3N2O3/c1-3-4-5-6-10-22-14(24)11-8-7-9-12(13(11)18)23-15(25)16(2,26)17(19,20)21/h7-9,26H,3-6,10H2,1-2H3,(H,22,24)(H,23,25)/t16-/m1/s1. The molecule has 0 fully saturated rings. The summed E-state index contributed by atoms with van der Waals surface area (Å²) in [4.78, 5) is 23.9. The average molecular weight is 395 g/mol. The molecule has 0 spiro atoms. The zero-order valence-corrected chi connectivity index (χ0v) is 15.3. The Hall–Kier alpha value is -1.80. The fourth-order valence-electron chi connectivity index (χ4n) is 2.03. The first-order valence-corrected chi connectivity index (χ1v) is 8.57. The molecule has 1 atom stereocenters. The Balaban J connectivity index is 2.83. The minimum absolute atomic E-state index is 0.0200. The first-order chi connectivity index (χ1) is 12.0. The Bertz CT molecular complexity index is 649. The zero-order chi connectivity index (χ0) is 20.0. The summed E-state index contributed by atoms with van der Waals surface area (Å²) in [7, 11) is 0. The first kappa shape index (κ1) is 22.2. The van der Waals surface area contributed by atoms with Crippen molar-refractivity contribution < 1.29 is 27.9 Å². The molecule has 0 saturated heterocycles. The smallest absolute Gasteiger partial charge is 0.373 e. The minimum Gasteiger partial charge on any atom is -0.373 e. The summed E-state index contributed by atoms with van der Waals surface area (Å²) in [5.41, 5.74) is -3.76. The van der Waals surface area contributed by atoms with E-state index in [1.165, 1.54) is 18.2 Å². The van der Waals surface area contributed by atoms with Crippen LogP contribution in [-0.2, 0) is 4.79 Å². The average Bonchev–Trinajstić information content (AvgIpc) is 2.55. The number of nitrogens with one attached hydrogen (secondary N) is 2. The molecular formula is C17H22ClF3N2O3. The van der Waals surface area contributed by atoms with Gasteiger partial charge in [-0.3, -0.25) is 9.59 Å². The van der Waals surface area contributed by atoms with Crippen LogP contribution in [0.3, 0.4) is 0 Å². The van der Waals surface area contributed by atoms with E-state index in [0.29, 0.717) is 13.5 Å². The van der Waals surface area contributed by atoms with Gasteiger partial charge in [0.2, 0.25) is 5.60 Å². The minimum atomic E-state index is -5.16. The fraction of sp³-hybridized carbons (Fsp3) is 0.529. The summed E-state index contributed by atoms with van der Waals surface area (Å²) in [6.07, 6.45) is -1.28. The van der Waals surface area contributed by atoms with Gasteiger partial charge in [0.15, 0.2) is 0 Å². The third-order valence-electron chi connectivity index (χ3n) is 3.80. The molecule has 0 bridgehead atoms. The molecule has 5 nitrogen and oxygen atoms in total. The van der Waals surface area contributed by atoms with Crippen molar-refractivity contribution in [2.75, 3.05) is 11.9 Å². The fourth-order valence-corrected chi connectivity index (χ4v) is 2.28. The van der Waals surface area contributed by atoms with E-state index in [4.69, 9.17) is 11.6 Å². The number of halogens is 4. The normalized spacial score (nSPS) is 13.8. The van der Waals surface area contributed by atoms with Crippen molar-refractivity contribution in [1.82, 2.24) is 5.32 Å². The monoisotopic (exact) mass is 394 g/mol. The number of hydrogen-bond donors (Lipinski definition) is 3. The molecule has 2 amide bonds. The van der Waals surface area contributed by atoms with E-state index in [1.54, 1.807) is 0 Å². The van der Waals surface area contributed by atoms with Gasteiger partial charge in [-0.1, -0.05) is 43.9 Å². The van der Waals surface area contributed by atoms with Gasteiger partial charge in [-0.15, -0.1) is 0 Å². The number of aliphatic hydroxyl groups is 1. The number of carbonyl (C=O) groups is 2. The lowest BCUT2D eigenvalue weighted by atomic mass is 10.1. The molecule has 0 aromatic heterocycles. The maximum Gasteiger partial charge on any atom is 0.426 e. The third-order valence-corrected chi connectivity index (χ3v) is 4.21. The van der Waals surface area contributed by atoms with Crippen molar-refractivity contribution in [2.24, 2.45) is 0 Å². The highest BCUT2D eigenvalue weighted by molar-refractivity contribution is 6.37. The van der Waals surface area contributed by atoms with Gasteiger partial charge < -0.3 is 15.7 Å². The van der Waals surface area contributed by atoms with Crippen molar-refractivity contribution in [1.29, 1.82) is 0 Å². The van der Waals surface area contributed by atoms with Gasteiger partial charge in [-0.2, -0.15) is 13.2 Å². The van der Waals surface area contributed by atoms with Crippen molar-refractivity contribution in [3.8, 4) is 0 Å². The molecule has 9 heteroatoms. The van der Waals surface area contributed by atoms with Crippen LogP contribution in [0.4, 0.5) is 18.9 Å². The van der Waals surface area contributed by atoms with Crippen LogP contribution < -0.4 is 10.6 Å². The number of benzene rings is 1. The van der Waals surface area contributed by atoms with Crippen LogP contribution in [0.2, 0.25) is 5.02 Å². The van der Waals surface area contributed by atoms with Crippen LogP contribution in [0, 0.1) is 0 Å². The summed E-state index contributed by atoms with van der Waals surface area (Å²) in [5.74, 6) is -2.19. The topological polar surface area (TPSA) is 78.4 Å². The molecule has 0 aliphatic rings. The maximum atomic E-state index is 12.7. The van der Waals surface area contributed by atoms with Crippen LogP contribution in [-0.4, -0.2) is 35.2 Å². The molecule has 0 aliphatic carbocycles. The van der Waals surface area contributed by atoms with Crippen molar-refractivity contribution in [2.45, 2.75) is 51.3 Å². The van der Waals surface area contributed by atoms with E-state index < -0.39 is 23.6 Å². The predicted molar refractivity (Wildman–Crippen MR) is 93.2 cm³/mol. The molecule has 0 radical (unpaired) electrons. The molecule has 0 aliphatic heterocycles. The third kappa shape index (κ3) is 5.60. The van der Waals surface area contributed by atoms with Gasteiger partial charge in [0.25, 0.3) is 11.8 Å². The van der Waals surface area contributed by atoms with Gasteiger partial charge >= 0.3 is 6.18 Å². The van der Waals surface area contributed by atoms with E-state index in [-0.39, 0.29) is 16.3 Å². The van der Waals surface area contributed by atoms with E-state index in [2.05, 4.69) is 12.2 Å². The van der Waals surface area contributed by atoms with Crippen molar-refractivity contribution >= 4 is 29.1 Å². The Morgan fingerprint density at radius 3 is 2.42 bits per heavy atom. The molecule has 26 heavy (non-hydrogen) atoms. The van der Waals surface area contributed by atoms with Gasteiger partial charge in [-0.25, -0.2) is 0 Å². The molecule has 146 valence electrons. The Kier molecular flexibility index (Phi) is 7.89.